The summed E-state index contributed by atoms with van der Waals surface area (Å²) in [6.07, 6.45) is 2.73. The zero-order chi connectivity index (χ0) is 14.9. The standard InChI is InChI=1S/C14H22N2O3S/c1-10-6-7-11(2)14(13(10)15)20(18,19)16(8-9-17)12-4-3-5-12/h6-7,12,17H,3-5,8-9,15H2,1-2H3. The van der Waals surface area contributed by atoms with Crippen LogP contribution in [0.1, 0.15) is 30.4 Å². The highest BCUT2D eigenvalue weighted by Crippen LogP contribution is 2.34. The minimum absolute atomic E-state index is 0.00791. The number of nitrogen functional groups attached to an aromatic ring is 1. The molecule has 1 fully saturated rings. The lowest BCUT2D eigenvalue weighted by Gasteiger charge is -2.36. The number of hydrogen-bond acceptors (Lipinski definition) is 4. The van der Waals surface area contributed by atoms with E-state index in [9.17, 15) is 13.5 Å². The van der Waals surface area contributed by atoms with Crippen LogP contribution in [-0.2, 0) is 10.0 Å². The molecule has 0 amide bonds. The van der Waals surface area contributed by atoms with Crippen LogP contribution < -0.4 is 5.73 Å². The smallest absolute Gasteiger partial charge is 0.245 e. The largest absolute Gasteiger partial charge is 0.397 e. The Kier molecular flexibility index (Phi) is 4.36. The van der Waals surface area contributed by atoms with Crippen LogP contribution in [0.15, 0.2) is 17.0 Å². The number of aliphatic hydroxyl groups excluding tert-OH is 1. The minimum Gasteiger partial charge on any atom is -0.397 e. The molecular formula is C14H22N2O3S. The van der Waals surface area contributed by atoms with Crippen LogP contribution in [0.25, 0.3) is 0 Å². The Balaban J connectivity index is 2.50. The Bertz CT molecular complexity index is 595. The van der Waals surface area contributed by atoms with E-state index in [4.69, 9.17) is 5.73 Å². The number of hydrogen-bond donors (Lipinski definition) is 2. The predicted molar refractivity (Wildman–Crippen MR) is 78.9 cm³/mol. The number of anilines is 1. The molecule has 0 aromatic heterocycles. The molecule has 0 atom stereocenters. The molecule has 0 bridgehead atoms. The fourth-order valence-corrected chi connectivity index (χ4v) is 4.61. The summed E-state index contributed by atoms with van der Waals surface area (Å²) < 4.78 is 27.2. The summed E-state index contributed by atoms with van der Waals surface area (Å²) in [5.41, 5.74) is 7.71. The van der Waals surface area contributed by atoms with E-state index in [1.54, 1.807) is 19.9 Å². The molecule has 1 aliphatic carbocycles. The monoisotopic (exact) mass is 298 g/mol. The molecule has 1 aromatic rings. The van der Waals surface area contributed by atoms with Crippen LogP contribution in [0.2, 0.25) is 0 Å². The molecule has 6 heteroatoms. The Morgan fingerprint density at radius 3 is 2.40 bits per heavy atom. The van der Waals surface area contributed by atoms with Gasteiger partial charge in [-0.25, -0.2) is 8.42 Å². The summed E-state index contributed by atoms with van der Waals surface area (Å²) in [5.74, 6) is 0. The van der Waals surface area contributed by atoms with Crippen molar-refractivity contribution in [3.63, 3.8) is 0 Å². The van der Waals surface area contributed by atoms with Gasteiger partial charge in [-0.05, 0) is 37.8 Å². The van der Waals surface area contributed by atoms with E-state index in [0.717, 1.165) is 24.8 Å². The van der Waals surface area contributed by atoms with Crippen molar-refractivity contribution in [2.45, 2.75) is 44.0 Å². The molecule has 0 spiro atoms. The Hall–Kier alpha value is -1.11. The van der Waals surface area contributed by atoms with Crippen LogP contribution in [0.4, 0.5) is 5.69 Å². The van der Waals surface area contributed by atoms with Gasteiger partial charge in [0.25, 0.3) is 0 Å². The summed E-state index contributed by atoms with van der Waals surface area (Å²) in [5, 5.41) is 9.17. The molecule has 5 nitrogen and oxygen atoms in total. The van der Waals surface area contributed by atoms with Gasteiger partial charge in [-0.1, -0.05) is 18.6 Å². The van der Waals surface area contributed by atoms with Gasteiger partial charge in [-0.15, -0.1) is 0 Å². The number of aryl methyl sites for hydroxylation is 2. The molecule has 0 saturated heterocycles. The van der Waals surface area contributed by atoms with Crippen molar-refractivity contribution < 1.29 is 13.5 Å². The van der Waals surface area contributed by atoms with E-state index in [1.165, 1.54) is 4.31 Å². The Morgan fingerprint density at radius 1 is 1.30 bits per heavy atom. The lowest BCUT2D eigenvalue weighted by molar-refractivity contribution is 0.178. The molecule has 1 saturated carbocycles. The molecule has 2 rings (SSSR count). The van der Waals surface area contributed by atoms with E-state index >= 15 is 0 Å². The van der Waals surface area contributed by atoms with Crippen molar-refractivity contribution in [3.05, 3.63) is 23.3 Å². The van der Waals surface area contributed by atoms with Gasteiger partial charge in [0.1, 0.15) is 4.90 Å². The molecule has 112 valence electrons. The van der Waals surface area contributed by atoms with E-state index in [0.29, 0.717) is 11.3 Å². The SMILES string of the molecule is Cc1ccc(C)c(S(=O)(=O)N(CCO)C2CCC2)c1N. The zero-order valence-corrected chi connectivity index (χ0v) is 12.8. The van der Waals surface area contributed by atoms with Crippen LogP contribution in [-0.4, -0.2) is 37.0 Å². The van der Waals surface area contributed by atoms with Crippen molar-refractivity contribution in [1.82, 2.24) is 4.31 Å². The Morgan fingerprint density at radius 2 is 1.90 bits per heavy atom. The maximum Gasteiger partial charge on any atom is 0.245 e. The number of nitrogens with two attached hydrogens (primary N) is 1. The van der Waals surface area contributed by atoms with E-state index in [-0.39, 0.29) is 24.1 Å². The van der Waals surface area contributed by atoms with Crippen LogP contribution >= 0.6 is 0 Å². The normalized spacial score (nSPS) is 16.4. The van der Waals surface area contributed by atoms with E-state index in [2.05, 4.69) is 0 Å². The molecule has 1 aliphatic rings. The second-order valence-corrected chi connectivity index (χ2v) is 7.19. The molecular weight excluding hydrogens is 276 g/mol. The van der Waals surface area contributed by atoms with E-state index < -0.39 is 10.0 Å². The second kappa shape index (κ2) is 5.71. The minimum atomic E-state index is -3.66. The lowest BCUT2D eigenvalue weighted by Crippen LogP contribution is -2.45. The summed E-state index contributed by atoms with van der Waals surface area (Å²) in [6, 6.07) is 3.59. The first-order valence-corrected chi connectivity index (χ1v) is 8.32. The topological polar surface area (TPSA) is 83.6 Å². The lowest BCUT2D eigenvalue weighted by atomic mass is 9.93. The molecule has 20 heavy (non-hydrogen) atoms. The number of benzene rings is 1. The van der Waals surface area contributed by atoms with Gasteiger partial charge >= 0.3 is 0 Å². The van der Waals surface area contributed by atoms with Gasteiger partial charge in [0.05, 0.1) is 12.3 Å². The maximum atomic E-state index is 12.9. The van der Waals surface area contributed by atoms with Crippen molar-refractivity contribution in [3.8, 4) is 0 Å². The Labute approximate surface area is 120 Å². The molecule has 1 aromatic carbocycles. The van der Waals surface area contributed by atoms with Crippen molar-refractivity contribution >= 4 is 15.7 Å². The number of sulfonamides is 1. The molecule has 0 radical (unpaired) electrons. The molecule has 0 heterocycles. The molecule has 0 aliphatic heterocycles. The maximum absolute atomic E-state index is 12.9. The highest BCUT2D eigenvalue weighted by molar-refractivity contribution is 7.89. The zero-order valence-electron chi connectivity index (χ0n) is 12.0. The van der Waals surface area contributed by atoms with Crippen molar-refractivity contribution in [2.75, 3.05) is 18.9 Å². The number of nitrogens with zero attached hydrogens (tertiary/aromatic N) is 1. The number of aliphatic hydroxyl groups is 1. The third-order valence-electron chi connectivity index (χ3n) is 3.98. The highest BCUT2D eigenvalue weighted by Gasteiger charge is 2.36. The van der Waals surface area contributed by atoms with E-state index in [1.807, 2.05) is 6.07 Å². The average molecular weight is 298 g/mol. The predicted octanol–water partition coefficient (Wildman–Crippen LogP) is 1.42. The van der Waals surface area contributed by atoms with Gasteiger partial charge in [0, 0.05) is 12.6 Å². The molecule has 0 unspecified atom stereocenters. The van der Waals surface area contributed by atoms with Gasteiger partial charge in [0.15, 0.2) is 0 Å². The van der Waals surface area contributed by atoms with Gasteiger partial charge in [0.2, 0.25) is 10.0 Å². The summed E-state index contributed by atoms with van der Waals surface area (Å²) in [6.45, 7) is 3.49. The second-order valence-electron chi connectivity index (χ2n) is 5.37. The van der Waals surface area contributed by atoms with Crippen LogP contribution in [0.5, 0.6) is 0 Å². The first kappa shape index (κ1) is 15.3. The summed E-state index contributed by atoms with van der Waals surface area (Å²) >= 11 is 0. The fraction of sp³-hybridized carbons (Fsp3) is 0.571. The highest BCUT2D eigenvalue weighted by atomic mass is 32.2. The summed E-state index contributed by atoms with van der Waals surface area (Å²) in [4.78, 5) is 0.192. The van der Waals surface area contributed by atoms with Gasteiger partial charge < -0.3 is 10.8 Å². The fourth-order valence-electron chi connectivity index (χ4n) is 2.54. The number of rotatable bonds is 5. The average Bonchev–Trinajstić information content (AvgIpc) is 2.31. The van der Waals surface area contributed by atoms with Crippen molar-refractivity contribution in [2.24, 2.45) is 0 Å². The quantitative estimate of drug-likeness (QED) is 0.805. The third-order valence-corrected chi connectivity index (χ3v) is 6.14. The van der Waals surface area contributed by atoms with Crippen LogP contribution in [0, 0.1) is 13.8 Å². The molecule has 3 N–H and O–H groups in total. The summed E-state index contributed by atoms with van der Waals surface area (Å²) in [7, 11) is -3.66. The van der Waals surface area contributed by atoms with Gasteiger partial charge in [-0.2, -0.15) is 4.31 Å². The van der Waals surface area contributed by atoms with Gasteiger partial charge in [-0.3, -0.25) is 0 Å². The third kappa shape index (κ3) is 2.55. The first-order valence-electron chi connectivity index (χ1n) is 6.88. The first-order chi connectivity index (χ1) is 9.39. The van der Waals surface area contributed by atoms with Crippen LogP contribution in [0.3, 0.4) is 0 Å². The van der Waals surface area contributed by atoms with Crippen molar-refractivity contribution in [1.29, 1.82) is 0 Å².